The van der Waals surface area contributed by atoms with Gasteiger partial charge < -0.3 is 19.7 Å². The highest BCUT2D eigenvalue weighted by atomic mass is 16.6. The molecular weight excluding hydrogens is 280 g/mol. The van der Waals surface area contributed by atoms with Crippen molar-refractivity contribution in [3.8, 4) is 0 Å². The Morgan fingerprint density at radius 3 is 2.36 bits per heavy atom. The number of hydrogen-bond donors (Lipinski definition) is 1. The minimum atomic E-state index is -0.433. The van der Waals surface area contributed by atoms with E-state index in [1.807, 2.05) is 27.7 Å². The number of hydrogen-bond acceptors (Lipinski definition) is 4. The van der Waals surface area contributed by atoms with E-state index in [4.69, 9.17) is 9.47 Å². The van der Waals surface area contributed by atoms with E-state index in [0.717, 1.165) is 32.4 Å². The number of ether oxygens (including phenoxy) is 2. The van der Waals surface area contributed by atoms with Crippen LogP contribution in [0.4, 0.5) is 4.79 Å². The van der Waals surface area contributed by atoms with E-state index in [1.165, 1.54) is 0 Å². The zero-order valence-electron chi connectivity index (χ0n) is 15.1. The quantitative estimate of drug-likeness (QED) is 0.765. The first kappa shape index (κ1) is 19.2. The zero-order chi connectivity index (χ0) is 16.8. The predicted molar refractivity (Wildman–Crippen MR) is 89.1 cm³/mol. The Hall–Kier alpha value is -0.810. The van der Waals surface area contributed by atoms with Gasteiger partial charge in [0.1, 0.15) is 5.60 Å². The lowest BCUT2D eigenvalue weighted by molar-refractivity contribution is -0.0420. The lowest BCUT2D eigenvalue weighted by Gasteiger charge is -2.33. The van der Waals surface area contributed by atoms with Gasteiger partial charge in [-0.15, -0.1) is 0 Å². The summed E-state index contributed by atoms with van der Waals surface area (Å²) in [6.07, 6.45) is 3.50. The van der Waals surface area contributed by atoms with Gasteiger partial charge >= 0.3 is 6.09 Å². The summed E-state index contributed by atoms with van der Waals surface area (Å²) in [6.45, 7) is 14.3. The molecule has 0 spiro atoms. The van der Waals surface area contributed by atoms with Crippen molar-refractivity contribution in [1.82, 2.24) is 10.2 Å². The average Bonchev–Trinajstić information content (AvgIpc) is 2.35. The Bertz CT molecular complexity index is 331. The van der Waals surface area contributed by atoms with E-state index in [0.29, 0.717) is 24.8 Å². The van der Waals surface area contributed by atoms with Crippen LogP contribution in [0.5, 0.6) is 0 Å². The highest BCUT2D eigenvalue weighted by Gasteiger charge is 2.24. The third-order valence-corrected chi connectivity index (χ3v) is 3.77. The predicted octanol–water partition coefficient (Wildman–Crippen LogP) is 3.18. The summed E-state index contributed by atoms with van der Waals surface area (Å²) < 4.78 is 11.2. The molecule has 1 fully saturated rings. The van der Waals surface area contributed by atoms with Crippen molar-refractivity contribution >= 4 is 6.09 Å². The van der Waals surface area contributed by atoms with Crippen LogP contribution < -0.4 is 5.32 Å². The van der Waals surface area contributed by atoms with E-state index in [2.05, 4.69) is 19.2 Å². The van der Waals surface area contributed by atoms with Crippen molar-refractivity contribution in [3.63, 3.8) is 0 Å². The van der Waals surface area contributed by atoms with E-state index >= 15 is 0 Å². The summed E-state index contributed by atoms with van der Waals surface area (Å²) in [5.41, 5.74) is -0.433. The van der Waals surface area contributed by atoms with Crippen molar-refractivity contribution < 1.29 is 14.3 Å². The molecule has 1 saturated heterocycles. The Balaban J connectivity index is 2.25. The largest absolute Gasteiger partial charge is 0.444 e. The number of carbonyl (C=O) groups excluding carboxylic acids is 1. The van der Waals surface area contributed by atoms with E-state index in [-0.39, 0.29) is 6.09 Å². The molecule has 1 rings (SSSR count). The molecule has 130 valence electrons. The van der Waals surface area contributed by atoms with Crippen LogP contribution in [0.25, 0.3) is 0 Å². The maximum Gasteiger partial charge on any atom is 0.410 e. The molecule has 0 aromatic carbocycles. The minimum Gasteiger partial charge on any atom is -0.444 e. The molecule has 22 heavy (non-hydrogen) atoms. The Labute approximate surface area is 135 Å². The van der Waals surface area contributed by atoms with Crippen molar-refractivity contribution in [2.24, 2.45) is 0 Å². The summed E-state index contributed by atoms with van der Waals surface area (Å²) in [7, 11) is 0. The zero-order valence-corrected chi connectivity index (χ0v) is 15.1. The molecule has 0 aromatic heterocycles. The molecule has 1 amide bonds. The molecule has 0 bridgehead atoms. The highest BCUT2D eigenvalue weighted by molar-refractivity contribution is 5.68. The first-order valence-electron chi connectivity index (χ1n) is 8.58. The second-order valence-corrected chi connectivity index (χ2v) is 7.29. The number of nitrogens with one attached hydrogen (secondary N) is 1. The fraction of sp³-hybridized carbons (Fsp3) is 0.941. The van der Waals surface area contributed by atoms with Crippen LogP contribution in [0.2, 0.25) is 0 Å². The molecular formula is C17H34N2O3. The molecule has 1 aliphatic heterocycles. The molecule has 1 aliphatic rings. The van der Waals surface area contributed by atoms with E-state index < -0.39 is 5.60 Å². The van der Waals surface area contributed by atoms with Crippen LogP contribution in [0.15, 0.2) is 0 Å². The van der Waals surface area contributed by atoms with Gasteiger partial charge in [-0.05, 0) is 67.3 Å². The fourth-order valence-corrected chi connectivity index (χ4v) is 2.85. The van der Waals surface area contributed by atoms with Crippen LogP contribution in [-0.2, 0) is 9.47 Å². The molecule has 0 radical (unpaired) electrons. The van der Waals surface area contributed by atoms with Gasteiger partial charge in [0.15, 0.2) is 0 Å². The van der Waals surface area contributed by atoms with Gasteiger partial charge in [0.05, 0.1) is 12.2 Å². The Kier molecular flexibility index (Phi) is 7.63. The molecule has 5 nitrogen and oxygen atoms in total. The molecule has 0 saturated carbocycles. The van der Waals surface area contributed by atoms with Crippen LogP contribution in [0.1, 0.15) is 60.8 Å². The number of nitrogens with zero attached hydrogens (tertiary/aromatic N) is 1. The molecule has 1 N–H and O–H groups in total. The molecule has 1 heterocycles. The summed E-state index contributed by atoms with van der Waals surface area (Å²) in [4.78, 5) is 13.8. The van der Waals surface area contributed by atoms with Gasteiger partial charge in [-0.2, -0.15) is 0 Å². The summed E-state index contributed by atoms with van der Waals surface area (Å²) in [6, 6.07) is 0.523. The van der Waals surface area contributed by atoms with Crippen LogP contribution in [0, 0.1) is 0 Å². The van der Waals surface area contributed by atoms with Crippen molar-refractivity contribution in [2.45, 2.75) is 84.7 Å². The third kappa shape index (κ3) is 7.45. The van der Waals surface area contributed by atoms with Crippen LogP contribution >= 0.6 is 0 Å². The van der Waals surface area contributed by atoms with Gasteiger partial charge in [-0.1, -0.05) is 0 Å². The Morgan fingerprint density at radius 2 is 1.86 bits per heavy atom. The molecule has 2 unspecified atom stereocenters. The van der Waals surface area contributed by atoms with Crippen molar-refractivity contribution in [3.05, 3.63) is 0 Å². The lowest BCUT2D eigenvalue weighted by Crippen LogP contribution is -2.42. The van der Waals surface area contributed by atoms with Gasteiger partial charge in [-0.25, -0.2) is 4.79 Å². The highest BCUT2D eigenvalue weighted by Crippen LogP contribution is 2.18. The summed E-state index contributed by atoms with van der Waals surface area (Å²) in [5.74, 6) is 0. The van der Waals surface area contributed by atoms with Gasteiger partial charge in [0.2, 0.25) is 0 Å². The minimum absolute atomic E-state index is 0.219. The standard InChI is InChI=1S/C17H34N2O3/c1-7-19(16(20)22-17(4,5)6)10-8-9-18-15-11-13(2)21-14(3)12-15/h13-15,18H,7-12H2,1-6H3. The van der Waals surface area contributed by atoms with Crippen molar-refractivity contribution in [1.29, 1.82) is 0 Å². The SMILES string of the molecule is CCN(CCCNC1CC(C)OC(C)C1)C(=O)OC(C)(C)C. The van der Waals surface area contributed by atoms with E-state index in [1.54, 1.807) is 4.90 Å². The van der Waals surface area contributed by atoms with Gasteiger partial charge in [0.25, 0.3) is 0 Å². The van der Waals surface area contributed by atoms with Crippen LogP contribution in [-0.4, -0.2) is 54.5 Å². The second-order valence-electron chi connectivity index (χ2n) is 7.29. The van der Waals surface area contributed by atoms with Crippen molar-refractivity contribution in [2.75, 3.05) is 19.6 Å². The fourth-order valence-electron chi connectivity index (χ4n) is 2.85. The number of carbonyl (C=O) groups is 1. The van der Waals surface area contributed by atoms with Gasteiger partial charge in [0, 0.05) is 19.1 Å². The smallest absolute Gasteiger partial charge is 0.410 e. The molecule has 5 heteroatoms. The summed E-state index contributed by atoms with van der Waals surface area (Å²) in [5, 5.41) is 3.59. The lowest BCUT2D eigenvalue weighted by atomic mass is 10.00. The number of amides is 1. The summed E-state index contributed by atoms with van der Waals surface area (Å²) >= 11 is 0. The normalized spacial score (nSPS) is 25.8. The third-order valence-electron chi connectivity index (χ3n) is 3.77. The van der Waals surface area contributed by atoms with Crippen LogP contribution in [0.3, 0.4) is 0 Å². The monoisotopic (exact) mass is 314 g/mol. The second kappa shape index (κ2) is 8.73. The first-order valence-corrected chi connectivity index (χ1v) is 8.58. The molecule has 2 atom stereocenters. The maximum atomic E-state index is 12.0. The maximum absolute atomic E-state index is 12.0. The van der Waals surface area contributed by atoms with Gasteiger partial charge in [-0.3, -0.25) is 0 Å². The average molecular weight is 314 g/mol. The number of rotatable bonds is 6. The topological polar surface area (TPSA) is 50.8 Å². The molecule has 0 aromatic rings. The van der Waals surface area contributed by atoms with E-state index in [9.17, 15) is 4.79 Å². The first-order chi connectivity index (χ1) is 10.2. The molecule has 0 aliphatic carbocycles. The Morgan fingerprint density at radius 1 is 1.27 bits per heavy atom.